The molecular weight excluding hydrogens is 387 g/mol. The SMILES string of the molecule is [O-]c1ccccc1.[O-]c1ccccc1.[Sm+2][C]1=CC=CC1. The van der Waals surface area contributed by atoms with Crippen LogP contribution in [0, 0.1) is 38.3 Å². The van der Waals surface area contributed by atoms with Crippen LogP contribution in [0.3, 0.4) is 0 Å². The Balaban J connectivity index is 0.000000151. The average molecular weight is 402 g/mol. The van der Waals surface area contributed by atoms with E-state index in [2.05, 4.69) is 18.2 Å². The molecule has 0 aliphatic heterocycles. The van der Waals surface area contributed by atoms with Gasteiger partial charge < -0.3 is 10.2 Å². The van der Waals surface area contributed by atoms with Crippen LogP contribution in [0.15, 0.2) is 80.2 Å². The molecule has 3 heteroatoms. The van der Waals surface area contributed by atoms with E-state index in [1.165, 1.54) is 30.7 Å². The summed E-state index contributed by atoms with van der Waals surface area (Å²) in [5.74, 6) is 0.144. The van der Waals surface area contributed by atoms with Crippen molar-refractivity contribution in [3.05, 3.63) is 80.2 Å². The van der Waals surface area contributed by atoms with Gasteiger partial charge in [0.15, 0.2) is 0 Å². The Morgan fingerprint density at radius 3 is 1.35 bits per heavy atom. The number of hydrogen-bond acceptors (Lipinski definition) is 2. The van der Waals surface area contributed by atoms with Crippen molar-refractivity contribution in [2.75, 3.05) is 0 Å². The van der Waals surface area contributed by atoms with E-state index in [9.17, 15) is 10.2 Å². The van der Waals surface area contributed by atoms with E-state index in [1.807, 2.05) is 12.1 Å². The third-order valence-corrected chi connectivity index (χ3v) is 3.19. The Labute approximate surface area is 145 Å². The fourth-order valence-electron chi connectivity index (χ4n) is 1.27. The van der Waals surface area contributed by atoms with Gasteiger partial charge in [0, 0.05) is 0 Å². The number of allylic oxidation sites excluding steroid dienone is 4. The molecule has 2 aromatic carbocycles. The van der Waals surface area contributed by atoms with Crippen LogP contribution in [0.25, 0.3) is 0 Å². The zero-order chi connectivity index (χ0) is 14.6. The molecule has 1 aliphatic carbocycles. The summed E-state index contributed by atoms with van der Waals surface area (Å²) in [6.07, 6.45) is 7.68. The predicted molar refractivity (Wildman–Crippen MR) is 73.6 cm³/mol. The number of para-hydroxylation sites is 2. The van der Waals surface area contributed by atoms with Gasteiger partial charge in [-0.15, -0.1) is 11.5 Å². The van der Waals surface area contributed by atoms with E-state index in [0.717, 1.165) is 0 Å². The minimum absolute atomic E-state index is 0.0718. The van der Waals surface area contributed by atoms with Gasteiger partial charge >= 0.3 is 64.3 Å². The molecule has 20 heavy (non-hydrogen) atoms. The third kappa shape index (κ3) is 8.87. The van der Waals surface area contributed by atoms with Crippen molar-refractivity contribution in [2.24, 2.45) is 0 Å². The summed E-state index contributed by atoms with van der Waals surface area (Å²) in [6, 6.07) is 16.7. The first kappa shape index (κ1) is 16.9. The first-order valence-electron chi connectivity index (χ1n) is 6.15. The maximum absolute atomic E-state index is 10.3. The fourth-order valence-corrected chi connectivity index (χ4v) is 1.83. The van der Waals surface area contributed by atoms with E-state index >= 15 is 0 Å². The second-order valence-corrected chi connectivity index (χ2v) is 5.57. The van der Waals surface area contributed by atoms with Crippen molar-refractivity contribution in [1.82, 2.24) is 0 Å². The van der Waals surface area contributed by atoms with Crippen LogP contribution in [-0.4, -0.2) is 0 Å². The molecule has 0 radical (unpaired) electrons. The molecule has 101 valence electrons. The zero-order valence-electron chi connectivity index (χ0n) is 10.9. The van der Waals surface area contributed by atoms with Gasteiger partial charge in [-0.05, 0) is 0 Å². The van der Waals surface area contributed by atoms with Crippen LogP contribution >= 0.6 is 0 Å². The van der Waals surface area contributed by atoms with Gasteiger partial charge in [0.2, 0.25) is 0 Å². The molecule has 0 saturated carbocycles. The average Bonchev–Trinajstić information content (AvgIpc) is 2.93. The van der Waals surface area contributed by atoms with Crippen molar-refractivity contribution in [3.8, 4) is 11.5 Å². The molecule has 0 amide bonds. The van der Waals surface area contributed by atoms with Crippen molar-refractivity contribution in [2.45, 2.75) is 6.42 Å². The van der Waals surface area contributed by atoms with Gasteiger partial charge in [0.25, 0.3) is 0 Å². The van der Waals surface area contributed by atoms with Crippen molar-refractivity contribution in [1.29, 1.82) is 0 Å². The standard InChI is InChI=1S/2C6H6O.C5H5.Sm/c2*7-6-4-2-1-3-5-6;1-2-4-5-3-1;/h2*1-5,7H;1-3H,4H2;/q;;;+2/p-2. The molecular formula is C17H15O2Sm. The second-order valence-electron chi connectivity index (χ2n) is 3.89. The van der Waals surface area contributed by atoms with Gasteiger partial charge in [-0.25, -0.2) is 0 Å². The first-order valence-corrected chi connectivity index (χ1v) is 7.46. The quantitative estimate of drug-likeness (QED) is 0.681. The van der Waals surface area contributed by atoms with Crippen molar-refractivity contribution in [3.63, 3.8) is 0 Å². The molecule has 1 aliphatic rings. The topological polar surface area (TPSA) is 46.1 Å². The predicted octanol–water partition coefficient (Wildman–Crippen LogP) is 2.90. The molecule has 0 bridgehead atoms. The Morgan fingerprint density at radius 1 is 0.750 bits per heavy atom. The Hall–Kier alpha value is -1.14. The van der Waals surface area contributed by atoms with E-state index in [0.29, 0.717) is 0 Å². The van der Waals surface area contributed by atoms with Crippen molar-refractivity contribution < 1.29 is 48.6 Å². The van der Waals surface area contributed by atoms with Gasteiger partial charge in [-0.3, -0.25) is 0 Å². The molecule has 0 saturated heterocycles. The monoisotopic (exact) mass is 403 g/mol. The number of hydrogen-bond donors (Lipinski definition) is 0. The molecule has 0 heterocycles. The molecule has 0 atom stereocenters. The Kier molecular flexibility index (Phi) is 8.98. The summed E-state index contributed by atoms with van der Waals surface area (Å²) in [7, 11) is 0. The van der Waals surface area contributed by atoms with Crippen LogP contribution in [0.2, 0.25) is 0 Å². The van der Waals surface area contributed by atoms with Crippen LogP contribution in [0.1, 0.15) is 6.42 Å². The first-order chi connectivity index (χ1) is 9.68. The van der Waals surface area contributed by atoms with Gasteiger partial charge in [0.1, 0.15) is 0 Å². The summed E-state index contributed by atoms with van der Waals surface area (Å²) < 4.78 is 1.55. The van der Waals surface area contributed by atoms with Crippen LogP contribution < -0.4 is 10.2 Å². The molecule has 0 fully saturated rings. The summed E-state index contributed by atoms with van der Waals surface area (Å²) in [6.45, 7) is 0. The molecule has 3 rings (SSSR count). The summed E-state index contributed by atoms with van der Waals surface area (Å²) in [5, 5.41) is 20.5. The molecule has 0 unspecified atom stereocenters. The number of rotatable bonds is 0. The van der Waals surface area contributed by atoms with Crippen LogP contribution in [0.4, 0.5) is 0 Å². The van der Waals surface area contributed by atoms with E-state index in [1.54, 1.807) is 63.9 Å². The van der Waals surface area contributed by atoms with E-state index in [-0.39, 0.29) is 11.5 Å². The van der Waals surface area contributed by atoms with Gasteiger partial charge in [-0.2, -0.15) is 0 Å². The zero-order valence-corrected chi connectivity index (χ0v) is 13.6. The molecule has 0 aromatic heterocycles. The maximum atomic E-state index is 10.3. The number of benzene rings is 2. The normalized spacial score (nSPS) is 11.4. The summed E-state index contributed by atoms with van der Waals surface area (Å²) >= 11 is 1.61. The third-order valence-electron chi connectivity index (χ3n) is 2.22. The summed E-state index contributed by atoms with van der Waals surface area (Å²) in [5.41, 5.74) is 0. The Bertz CT molecular complexity index is 496. The summed E-state index contributed by atoms with van der Waals surface area (Å²) in [4.78, 5) is 0. The molecule has 2 aromatic rings. The van der Waals surface area contributed by atoms with E-state index in [4.69, 9.17) is 0 Å². The van der Waals surface area contributed by atoms with Gasteiger partial charge in [-0.1, -0.05) is 60.7 Å². The molecule has 0 N–H and O–H groups in total. The fraction of sp³-hybridized carbons (Fsp3) is 0.0588. The molecule has 2 nitrogen and oxygen atoms in total. The van der Waals surface area contributed by atoms with Gasteiger partial charge in [0.05, 0.1) is 0 Å². The van der Waals surface area contributed by atoms with Crippen molar-refractivity contribution >= 4 is 0 Å². The molecule has 0 spiro atoms. The van der Waals surface area contributed by atoms with E-state index < -0.39 is 0 Å². The Morgan fingerprint density at radius 2 is 1.20 bits per heavy atom. The second kappa shape index (κ2) is 10.6. The minimum atomic E-state index is 0.0718. The van der Waals surface area contributed by atoms with Crippen LogP contribution in [0.5, 0.6) is 11.5 Å². The van der Waals surface area contributed by atoms with Crippen LogP contribution in [-0.2, 0) is 0 Å².